The second-order valence-electron chi connectivity index (χ2n) is 6.47. The number of piperidine rings is 1. The molecule has 6 heteroatoms. The SMILES string of the molecule is CC[C@H]1CN(Cc2nc(-c3ccc(Cl)cc3)no2)CC[C@@]1(C)O. The van der Waals surface area contributed by atoms with Gasteiger partial charge >= 0.3 is 0 Å². The van der Waals surface area contributed by atoms with Crippen molar-refractivity contribution in [2.24, 2.45) is 5.92 Å². The Morgan fingerprint density at radius 2 is 2.13 bits per heavy atom. The van der Waals surface area contributed by atoms with Gasteiger partial charge in [-0.3, -0.25) is 4.90 Å². The Morgan fingerprint density at radius 3 is 2.83 bits per heavy atom. The highest BCUT2D eigenvalue weighted by Crippen LogP contribution is 2.30. The van der Waals surface area contributed by atoms with Crippen LogP contribution in [0.25, 0.3) is 11.4 Å². The number of hydrogen-bond acceptors (Lipinski definition) is 5. The van der Waals surface area contributed by atoms with Crippen LogP contribution in [0.2, 0.25) is 5.02 Å². The fraction of sp³-hybridized carbons (Fsp3) is 0.529. The van der Waals surface area contributed by atoms with Crippen LogP contribution in [0.1, 0.15) is 32.6 Å². The van der Waals surface area contributed by atoms with Gasteiger partial charge in [0.25, 0.3) is 0 Å². The van der Waals surface area contributed by atoms with Crippen LogP contribution in [0, 0.1) is 5.92 Å². The summed E-state index contributed by atoms with van der Waals surface area (Å²) in [6.45, 7) is 6.36. The molecule has 1 aromatic carbocycles. The molecule has 0 bridgehead atoms. The van der Waals surface area contributed by atoms with Crippen LogP contribution in [-0.4, -0.2) is 38.8 Å². The molecule has 1 N–H and O–H groups in total. The van der Waals surface area contributed by atoms with Gasteiger partial charge in [0.05, 0.1) is 12.1 Å². The van der Waals surface area contributed by atoms with Crippen molar-refractivity contribution >= 4 is 11.6 Å². The van der Waals surface area contributed by atoms with Crippen molar-refractivity contribution in [1.82, 2.24) is 15.0 Å². The molecule has 1 fully saturated rings. The summed E-state index contributed by atoms with van der Waals surface area (Å²) >= 11 is 5.89. The maximum Gasteiger partial charge on any atom is 0.241 e. The molecular formula is C17H22ClN3O2. The van der Waals surface area contributed by atoms with Gasteiger partial charge in [-0.25, -0.2) is 0 Å². The molecule has 1 aromatic heterocycles. The van der Waals surface area contributed by atoms with E-state index in [1.807, 2.05) is 31.2 Å². The second-order valence-corrected chi connectivity index (χ2v) is 6.90. The van der Waals surface area contributed by atoms with Gasteiger partial charge in [0.1, 0.15) is 0 Å². The number of rotatable bonds is 4. The lowest BCUT2D eigenvalue weighted by Gasteiger charge is -2.42. The molecule has 23 heavy (non-hydrogen) atoms. The minimum Gasteiger partial charge on any atom is -0.390 e. The number of aromatic nitrogens is 2. The second kappa shape index (κ2) is 6.59. The molecule has 3 rings (SSSR count). The highest BCUT2D eigenvalue weighted by atomic mass is 35.5. The van der Waals surface area contributed by atoms with Crippen molar-refractivity contribution in [3.63, 3.8) is 0 Å². The van der Waals surface area contributed by atoms with Crippen molar-refractivity contribution < 1.29 is 9.63 Å². The maximum atomic E-state index is 10.4. The van der Waals surface area contributed by atoms with E-state index in [9.17, 15) is 5.11 Å². The van der Waals surface area contributed by atoms with E-state index in [1.54, 1.807) is 0 Å². The highest BCUT2D eigenvalue weighted by molar-refractivity contribution is 6.30. The molecule has 0 unspecified atom stereocenters. The summed E-state index contributed by atoms with van der Waals surface area (Å²) < 4.78 is 5.37. The summed E-state index contributed by atoms with van der Waals surface area (Å²) in [5.74, 6) is 1.45. The van der Waals surface area contributed by atoms with Crippen LogP contribution in [-0.2, 0) is 6.54 Å². The van der Waals surface area contributed by atoms with E-state index in [2.05, 4.69) is 22.0 Å². The van der Waals surface area contributed by atoms with E-state index >= 15 is 0 Å². The van der Waals surface area contributed by atoms with Crippen LogP contribution < -0.4 is 0 Å². The van der Waals surface area contributed by atoms with Gasteiger partial charge in [-0.2, -0.15) is 4.98 Å². The van der Waals surface area contributed by atoms with Gasteiger partial charge in [-0.1, -0.05) is 23.7 Å². The van der Waals surface area contributed by atoms with Gasteiger partial charge in [-0.05, 0) is 49.9 Å². The number of likely N-dealkylation sites (tertiary alicyclic amines) is 1. The number of hydrogen-bond donors (Lipinski definition) is 1. The van der Waals surface area contributed by atoms with E-state index in [0.29, 0.717) is 23.3 Å². The highest BCUT2D eigenvalue weighted by Gasteiger charge is 2.36. The summed E-state index contributed by atoms with van der Waals surface area (Å²) in [6.07, 6.45) is 1.73. The summed E-state index contributed by atoms with van der Waals surface area (Å²) in [7, 11) is 0. The molecule has 1 aliphatic heterocycles. The van der Waals surface area contributed by atoms with E-state index in [-0.39, 0.29) is 5.92 Å². The largest absolute Gasteiger partial charge is 0.390 e. The lowest BCUT2D eigenvalue weighted by Crippen LogP contribution is -2.49. The molecule has 2 atom stereocenters. The third-order valence-electron chi connectivity index (χ3n) is 4.71. The first kappa shape index (κ1) is 16.4. The lowest BCUT2D eigenvalue weighted by molar-refractivity contribution is -0.0624. The van der Waals surface area contributed by atoms with Crippen molar-refractivity contribution in [2.75, 3.05) is 13.1 Å². The minimum absolute atomic E-state index is 0.273. The Balaban J connectivity index is 1.66. The smallest absolute Gasteiger partial charge is 0.241 e. The molecule has 0 spiro atoms. The van der Waals surface area contributed by atoms with Crippen LogP contribution in [0.4, 0.5) is 0 Å². The standard InChI is InChI=1S/C17H22ClN3O2/c1-3-13-10-21(9-8-17(13,2)22)11-15-19-16(20-23-15)12-4-6-14(18)7-5-12/h4-7,13,22H,3,8-11H2,1-2H3/t13-,17+/m0/s1. The van der Waals surface area contributed by atoms with Gasteiger partial charge in [0.15, 0.2) is 0 Å². The van der Waals surface area contributed by atoms with Crippen LogP contribution in [0.5, 0.6) is 0 Å². The molecular weight excluding hydrogens is 314 g/mol. The van der Waals surface area contributed by atoms with E-state index < -0.39 is 5.60 Å². The molecule has 1 aliphatic rings. The Morgan fingerprint density at radius 1 is 1.39 bits per heavy atom. The molecule has 2 heterocycles. The first-order valence-corrected chi connectivity index (χ1v) is 8.39. The van der Waals surface area contributed by atoms with Crippen LogP contribution in [0.15, 0.2) is 28.8 Å². The first-order valence-electron chi connectivity index (χ1n) is 8.01. The molecule has 0 amide bonds. The quantitative estimate of drug-likeness (QED) is 0.928. The first-order chi connectivity index (χ1) is 11.0. The number of aliphatic hydroxyl groups is 1. The lowest BCUT2D eigenvalue weighted by atomic mass is 9.81. The normalized spacial score (nSPS) is 25.7. The van der Waals surface area contributed by atoms with Crippen molar-refractivity contribution in [3.8, 4) is 11.4 Å². The Bertz CT molecular complexity index is 654. The third-order valence-corrected chi connectivity index (χ3v) is 4.97. The zero-order valence-electron chi connectivity index (χ0n) is 13.5. The topological polar surface area (TPSA) is 62.4 Å². The van der Waals surface area contributed by atoms with Gasteiger partial charge in [0, 0.05) is 23.7 Å². The summed E-state index contributed by atoms with van der Waals surface area (Å²) in [5, 5.41) is 15.1. The maximum absolute atomic E-state index is 10.4. The average molecular weight is 336 g/mol. The molecule has 2 aromatic rings. The molecule has 0 radical (unpaired) electrons. The molecule has 124 valence electrons. The Hall–Kier alpha value is -1.43. The van der Waals surface area contributed by atoms with Gasteiger partial charge in [-0.15, -0.1) is 0 Å². The van der Waals surface area contributed by atoms with Crippen LogP contribution in [0.3, 0.4) is 0 Å². The molecule has 0 aliphatic carbocycles. The predicted octanol–water partition coefficient (Wildman–Crippen LogP) is 3.37. The number of benzene rings is 1. The minimum atomic E-state index is -0.575. The summed E-state index contributed by atoms with van der Waals surface area (Å²) in [5.41, 5.74) is 0.312. The van der Waals surface area contributed by atoms with Crippen molar-refractivity contribution in [1.29, 1.82) is 0 Å². The van der Waals surface area contributed by atoms with Crippen molar-refractivity contribution in [3.05, 3.63) is 35.2 Å². The van der Waals surface area contributed by atoms with E-state index in [1.165, 1.54) is 0 Å². The third kappa shape index (κ3) is 3.74. The fourth-order valence-corrected chi connectivity index (χ4v) is 3.25. The zero-order valence-corrected chi connectivity index (χ0v) is 14.3. The number of nitrogens with zero attached hydrogens (tertiary/aromatic N) is 3. The van der Waals surface area contributed by atoms with Crippen molar-refractivity contribution in [2.45, 2.75) is 38.8 Å². The zero-order chi connectivity index (χ0) is 16.4. The van der Waals surface area contributed by atoms with E-state index in [0.717, 1.165) is 31.5 Å². The monoisotopic (exact) mass is 335 g/mol. The molecule has 5 nitrogen and oxygen atoms in total. The van der Waals surface area contributed by atoms with Crippen LogP contribution >= 0.6 is 11.6 Å². The molecule has 0 saturated carbocycles. The summed E-state index contributed by atoms with van der Waals surface area (Å²) in [4.78, 5) is 6.74. The average Bonchev–Trinajstić information content (AvgIpc) is 2.98. The predicted molar refractivity (Wildman–Crippen MR) is 89.0 cm³/mol. The van der Waals surface area contributed by atoms with E-state index in [4.69, 9.17) is 16.1 Å². The van der Waals surface area contributed by atoms with Gasteiger partial charge in [0.2, 0.25) is 11.7 Å². The fourth-order valence-electron chi connectivity index (χ4n) is 3.13. The summed E-state index contributed by atoms with van der Waals surface area (Å²) in [6, 6.07) is 7.38. The Kier molecular flexibility index (Phi) is 4.71. The number of halogens is 1. The molecule has 1 saturated heterocycles. The Labute approximate surface area is 141 Å². The van der Waals surface area contributed by atoms with Gasteiger partial charge < -0.3 is 9.63 Å².